The van der Waals surface area contributed by atoms with Crippen molar-refractivity contribution in [1.29, 1.82) is 0 Å². The van der Waals surface area contributed by atoms with Crippen LogP contribution < -0.4 is 0 Å². The van der Waals surface area contributed by atoms with Gasteiger partial charge in [-0.05, 0) is 0 Å². The molecule has 0 radical (unpaired) electrons. The van der Waals surface area contributed by atoms with E-state index in [0.717, 1.165) is 0 Å². The SMILES string of the molecule is CC(C)(C)[C-]=[W].[W].[W].[W].[W].[W].[W].[W].[W].[W].[W].[W].[W].[W].[W].[W].[W].[W].[W].[W].[W].[W]=[W].[W]=[W]. The van der Waals surface area contributed by atoms with E-state index in [9.17, 15) is 0 Å². The molecule has 0 rings (SSSR count). The summed E-state index contributed by atoms with van der Waals surface area (Å²) in [4.78, 5) is 0. The van der Waals surface area contributed by atoms with E-state index in [1.807, 2.05) is 0 Å². The van der Waals surface area contributed by atoms with Crippen molar-refractivity contribution in [3.05, 3.63) is 0 Å². The van der Waals surface area contributed by atoms with Gasteiger partial charge in [-0.3, -0.25) is 0 Å². The first kappa shape index (κ1) is 172. The van der Waals surface area contributed by atoms with Gasteiger partial charge < -0.3 is 0 Å². The second-order valence-corrected chi connectivity index (χ2v) is 3.09. The standard InChI is InChI=1S/C5H9.25W/c1-5(2,3)4;;;;;;;;;;;;;;;;;;;;;;;;;/h1-3H3;;;;;;;;;;;;;;;;;;;;;;;;;/q-1;;;;;;;;;;;;;;;;;;;;;;;;;. The number of rotatable bonds is 0. The van der Waals surface area contributed by atoms with E-state index in [0.29, 0.717) is 5.41 Å². The van der Waals surface area contributed by atoms with E-state index in [-0.39, 0.29) is 421 Å². The third-order valence-corrected chi connectivity index (χ3v) is 2.51. The third-order valence-electron chi connectivity index (χ3n) is 0.306. The number of hydrogen-bond donors (Lipinski definition) is 0. The van der Waals surface area contributed by atoms with Crippen LogP contribution in [-0.2, 0) is 506 Å². The minimum atomic E-state index is 0. The van der Waals surface area contributed by atoms with Crippen molar-refractivity contribution in [3.63, 3.8) is 0 Å². The summed E-state index contributed by atoms with van der Waals surface area (Å²) in [6.45, 7) is 6.46. The maximum absolute atomic E-state index is 3.19. The fourth-order valence-corrected chi connectivity index (χ4v) is 0. The quantitative estimate of drug-likeness (QED) is 0.321. The van der Waals surface area contributed by atoms with Crippen molar-refractivity contribution in [2.75, 3.05) is 0 Å². The molecule has 0 aromatic carbocycles. The maximum atomic E-state index is 3.19. The van der Waals surface area contributed by atoms with Crippen molar-refractivity contribution < 1.29 is 506 Å². The molecular formula is C5H9W25-. The van der Waals surface area contributed by atoms with Gasteiger partial charge in [0.25, 0.3) is 0 Å². The summed E-state index contributed by atoms with van der Waals surface area (Å²) in [5, 5.41) is 0. The van der Waals surface area contributed by atoms with Gasteiger partial charge in [0.2, 0.25) is 0 Å². The average molecular weight is 4670 g/mol. The molecule has 0 saturated carbocycles. The van der Waals surface area contributed by atoms with Gasteiger partial charge >= 0.3 is 115 Å². The summed E-state index contributed by atoms with van der Waals surface area (Å²) in [5.74, 6) is 0. The zero-order valence-corrected chi connectivity index (χ0v) is 87.5. The van der Waals surface area contributed by atoms with Crippen molar-refractivity contribution >= 4 is 4.40 Å². The van der Waals surface area contributed by atoms with Crippen LogP contribution >= 0.6 is 0 Å². The monoisotopic (exact) mass is 4670 g/mol. The molecule has 0 atom stereocenters. The third kappa shape index (κ3) is 217. The molecule has 0 saturated heterocycles. The Kier molecular flexibility index (Phi) is 928. The fraction of sp³-hybridized carbons (Fsp3) is 0.800. The molecule has 0 bridgehead atoms. The van der Waals surface area contributed by atoms with Crippen molar-refractivity contribution in [2.45, 2.75) is 20.8 Å². The van der Waals surface area contributed by atoms with Crippen LogP contribution in [0.2, 0.25) is 0 Å². The molecule has 0 aromatic heterocycles. The van der Waals surface area contributed by atoms with Gasteiger partial charge in [0.05, 0.1) is 0 Å². The van der Waals surface area contributed by atoms with Crippen LogP contribution in [0.15, 0.2) is 0 Å². The van der Waals surface area contributed by atoms with Crippen LogP contribution in [0.4, 0.5) is 0 Å². The molecule has 0 fully saturated rings. The number of hydrogen-bond acceptors (Lipinski definition) is 0. The summed E-state index contributed by atoms with van der Waals surface area (Å²) in [6, 6.07) is 0. The van der Waals surface area contributed by atoms with E-state index in [4.69, 9.17) is 0 Å². The van der Waals surface area contributed by atoms with Crippen LogP contribution in [0.1, 0.15) is 20.8 Å². The molecule has 0 aliphatic carbocycles. The van der Waals surface area contributed by atoms with Crippen LogP contribution in [0.3, 0.4) is 0 Å². The second kappa shape index (κ2) is 162. The van der Waals surface area contributed by atoms with Gasteiger partial charge in [0, 0.05) is 421 Å². The van der Waals surface area contributed by atoms with Crippen molar-refractivity contribution in [3.8, 4) is 0 Å². The topological polar surface area (TPSA) is 0 Å². The van der Waals surface area contributed by atoms with Crippen LogP contribution in [-0.4, -0.2) is 4.40 Å². The Balaban J connectivity index is -0.000000000933. The van der Waals surface area contributed by atoms with E-state index < -0.39 is 0 Å². The fourth-order valence-electron chi connectivity index (χ4n) is 0. The molecule has 0 spiro atoms. The molecule has 30 heavy (non-hydrogen) atoms. The Morgan fingerprint density at radius 3 is 0.367 bits per heavy atom. The summed E-state index contributed by atoms with van der Waals surface area (Å²) < 4.78 is 3.19. The molecule has 0 aliphatic rings. The normalized spacial score (nSPS) is 2.50. The van der Waals surface area contributed by atoms with Crippen LogP contribution in [0.25, 0.3) is 0 Å². The van der Waals surface area contributed by atoms with E-state index in [1.165, 1.54) is 19.4 Å². The molecule has 0 N–H and O–H groups in total. The van der Waals surface area contributed by atoms with Crippen LogP contribution in [0, 0.1) is 5.41 Å². The second-order valence-electron chi connectivity index (χ2n) is 2.35. The molecule has 0 nitrogen and oxygen atoms in total. The molecule has 180 valence electrons. The Hall–Kier alpha value is 17.1. The first-order chi connectivity index (χ1) is 4.56. The minimum absolute atomic E-state index is 0. The van der Waals surface area contributed by atoms with Crippen molar-refractivity contribution in [2.24, 2.45) is 5.41 Å². The Bertz CT molecular complexity index is 82.1. The van der Waals surface area contributed by atoms with Crippen LogP contribution in [0.5, 0.6) is 0 Å². The van der Waals surface area contributed by atoms with Crippen molar-refractivity contribution in [1.82, 2.24) is 0 Å². The molecule has 25 heteroatoms. The predicted molar refractivity (Wildman–Crippen MR) is 24.5 cm³/mol. The zero-order chi connectivity index (χ0) is 9.21. The van der Waals surface area contributed by atoms with Gasteiger partial charge in [0.1, 0.15) is 0 Å². The summed E-state index contributed by atoms with van der Waals surface area (Å²) in [5.41, 5.74) is 0.329. The summed E-state index contributed by atoms with van der Waals surface area (Å²) in [7, 11) is 0. The van der Waals surface area contributed by atoms with Gasteiger partial charge in [-0.2, -0.15) is 0 Å². The Morgan fingerprint density at radius 1 is 0.333 bits per heavy atom. The van der Waals surface area contributed by atoms with Gasteiger partial charge in [-0.15, -0.1) is 0 Å². The van der Waals surface area contributed by atoms with E-state index in [1.54, 1.807) is 64.9 Å². The average Bonchev–Trinajstić information content (AvgIpc) is 1.95. The van der Waals surface area contributed by atoms with Gasteiger partial charge in [0.15, 0.2) is 0 Å². The molecule has 0 aromatic rings. The first-order valence-corrected chi connectivity index (χ1v) is 25.8. The molecule has 0 heterocycles. The van der Waals surface area contributed by atoms with Gasteiger partial charge in [-0.25, -0.2) is 0 Å². The van der Waals surface area contributed by atoms with E-state index >= 15 is 0 Å². The van der Waals surface area contributed by atoms with E-state index in [2.05, 4.69) is 25.2 Å². The predicted octanol–water partition coefficient (Wildman–Crippen LogP) is 1.20. The molecule has 0 aliphatic heterocycles. The molecular weight excluding hydrogens is 4660 g/mol. The summed E-state index contributed by atoms with van der Waals surface area (Å²) in [6.07, 6.45) is 0. The molecule has 0 amide bonds. The summed E-state index contributed by atoms with van der Waals surface area (Å²) >= 11 is 8.11. The first-order valence-electron chi connectivity index (χ1n) is 2.29. The van der Waals surface area contributed by atoms with Gasteiger partial charge in [-0.1, -0.05) is 0 Å². The Labute approximate surface area is 520 Å². The Morgan fingerprint density at radius 2 is 0.367 bits per heavy atom. The zero-order valence-electron chi connectivity index (χ0n) is 14.2. The molecule has 0 unspecified atom stereocenters.